The van der Waals surface area contributed by atoms with Crippen molar-refractivity contribution in [2.75, 3.05) is 13.6 Å². The van der Waals surface area contributed by atoms with Gasteiger partial charge in [-0.05, 0) is 39.7 Å². The lowest BCUT2D eigenvalue weighted by molar-refractivity contribution is 0.0324. The standard InChI is InChI=1S/C17H23ClFN5O2/c1-17(2,3)26-16(25)24(4)9-12(23-22-10-5-6-10)14(20)11-7-8-21-15(18)13(11)19/h7-8,10,20,22H,5-6,9H2,1-4H3/b20-14?,23-12-. The normalized spacial score (nSPS) is 14.8. The maximum absolute atomic E-state index is 14.2. The molecule has 1 aromatic rings. The SMILES string of the molecule is CN(C/C(=N/NC1CC1)C(=N)c1ccnc(Cl)c1F)C(=O)OC(C)(C)C. The van der Waals surface area contributed by atoms with Crippen LogP contribution in [0.1, 0.15) is 39.2 Å². The second-order valence-electron chi connectivity index (χ2n) is 7.14. The van der Waals surface area contributed by atoms with Crippen molar-refractivity contribution in [2.45, 2.75) is 45.3 Å². The smallest absolute Gasteiger partial charge is 0.410 e. The summed E-state index contributed by atoms with van der Waals surface area (Å²) in [5.74, 6) is -0.793. The van der Waals surface area contributed by atoms with Gasteiger partial charge in [0.2, 0.25) is 0 Å². The van der Waals surface area contributed by atoms with E-state index in [1.165, 1.54) is 24.2 Å². The summed E-state index contributed by atoms with van der Waals surface area (Å²) in [5.41, 5.74) is 2.29. The van der Waals surface area contributed by atoms with E-state index in [-0.39, 0.29) is 34.7 Å². The van der Waals surface area contributed by atoms with E-state index in [9.17, 15) is 9.18 Å². The minimum absolute atomic E-state index is 0.0210. The first-order chi connectivity index (χ1) is 12.1. The predicted octanol–water partition coefficient (Wildman–Crippen LogP) is 3.22. The van der Waals surface area contributed by atoms with Crippen molar-refractivity contribution >= 4 is 29.1 Å². The van der Waals surface area contributed by atoms with Crippen LogP contribution in [-0.4, -0.2) is 52.6 Å². The lowest BCUT2D eigenvalue weighted by Crippen LogP contribution is -2.40. The Hall–Kier alpha value is -2.22. The van der Waals surface area contributed by atoms with E-state index in [1.54, 1.807) is 20.8 Å². The molecule has 1 aromatic heterocycles. The highest BCUT2D eigenvalue weighted by Gasteiger charge is 2.25. The number of carbonyl (C=O) groups excluding carboxylic acids is 1. The van der Waals surface area contributed by atoms with E-state index in [0.29, 0.717) is 0 Å². The Kier molecular flexibility index (Phi) is 6.17. The Balaban J connectivity index is 2.20. The van der Waals surface area contributed by atoms with E-state index in [0.717, 1.165) is 12.8 Å². The van der Waals surface area contributed by atoms with Crippen molar-refractivity contribution < 1.29 is 13.9 Å². The summed E-state index contributed by atoms with van der Waals surface area (Å²) in [6.07, 6.45) is 2.74. The van der Waals surface area contributed by atoms with Gasteiger partial charge in [0.05, 0.1) is 12.3 Å². The summed E-state index contributed by atoms with van der Waals surface area (Å²) in [5, 5.41) is 12.2. The van der Waals surface area contributed by atoms with Gasteiger partial charge >= 0.3 is 6.09 Å². The van der Waals surface area contributed by atoms with Crippen molar-refractivity contribution in [1.82, 2.24) is 15.3 Å². The van der Waals surface area contributed by atoms with Crippen molar-refractivity contribution in [3.8, 4) is 0 Å². The van der Waals surface area contributed by atoms with Crippen LogP contribution in [0, 0.1) is 11.2 Å². The molecule has 0 aliphatic heterocycles. The Morgan fingerprint density at radius 3 is 2.77 bits per heavy atom. The molecule has 1 aliphatic rings. The van der Waals surface area contributed by atoms with Gasteiger partial charge in [-0.3, -0.25) is 5.41 Å². The average Bonchev–Trinajstić information content (AvgIpc) is 3.35. The van der Waals surface area contributed by atoms with Gasteiger partial charge in [-0.25, -0.2) is 14.2 Å². The van der Waals surface area contributed by atoms with E-state index in [4.69, 9.17) is 21.7 Å². The number of nitrogens with zero attached hydrogens (tertiary/aromatic N) is 3. The minimum Gasteiger partial charge on any atom is -0.444 e. The second kappa shape index (κ2) is 7.99. The molecular weight excluding hydrogens is 361 g/mol. The summed E-state index contributed by atoms with van der Waals surface area (Å²) in [4.78, 5) is 17.1. The number of aromatic nitrogens is 1. The molecule has 1 saturated carbocycles. The number of hydrazone groups is 1. The highest BCUT2D eigenvalue weighted by Crippen LogP contribution is 2.19. The van der Waals surface area contributed by atoms with Gasteiger partial charge in [-0.1, -0.05) is 11.6 Å². The monoisotopic (exact) mass is 383 g/mol. The number of rotatable bonds is 6. The summed E-state index contributed by atoms with van der Waals surface area (Å²) < 4.78 is 19.5. The summed E-state index contributed by atoms with van der Waals surface area (Å²) in [7, 11) is 1.53. The maximum atomic E-state index is 14.2. The molecule has 26 heavy (non-hydrogen) atoms. The zero-order valence-electron chi connectivity index (χ0n) is 15.3. The van der Waals surface area contributed by atoms with Crippen molar-refractivity contribution in [3.63, 3.8) is 0 Å². The number of hydrogen-bond acceptors (Lipinski definition) is 6. The highest BCUT2D eigenvalue weighted by atomic mass is 35.5. The number of carbonyl (C=O) groups is 1. The first kappa shape index (κ1) is 20.1. The average molecular weight is 384 g/mol. The first-order valence-electron chi connectivity index (χ1n) is 8.24. The third-order valence-corrected chi connectivity index (χ3v) is 3.72. The van der Waals surface area contributed by atoms with Gasteiger partial charge in [0.1, 0.15) is 11.3 Å². The molecule has 0 bridgehead atoms. The van der Waals surface area contributed by atoms with Crippen LogP contribution >= 0.6 is 11.6 Å². The molecule has 0 saturated heterocycles. The van der Waals surface area contributed by atoms with Crippen LogP contribution in [0.2, 0.25) is 5.15 Å². The van der Waals surface area contributed by atoms with Gasteiger partial charge < -0.3 is 15.1 Å². The fraction of sp³-hybridized carbons (Fsp3) is 0.529. The highest BCUT2D eigenvalue weighted by molar-refractivity contribution is 6.48. The van der Waals surface area contributed by atoms with E-state index < -0.39 is 17.5 Å². The lowest BCUT2D eigenvalue weighted by atomic mass is 10.1. The molecule has 2 rings (SSSR count). The van der Waals surface area contributed by atoms with Gasteiger partial charge in [0.15, 0.2) is 11.0 Å². The second-order valence-corrected chi connectivity index (χ2v) is 7.49. The zero-order valence-corrected chi connectivity index (χ0v) is 16.0. The summed E-state index contributed by atoms with van der Waals surface area (Å²) >= 11 is 5.71. The molecule has 1 heterocycles. The van der Waals surface area contributed by atoms with Gasteiger partial charge in [0.25, 0.3) is 0 Å². The molecule has 142 valence electrons. The fourth-order valence-corrected chi connectivity index (χ4v) is 2.11. The molecule has 1 aliphatic carbocycles. The topological polar surface area (TPSA) is 90.7 Å². The van der Waals surface area contributed by atoms with Crippen LogP contribution in [0.3, 0.4) is 0 Å². The molecule has 0 unspecified atom stereocenters. The molecule has 0 aromatic carbocycles. The van der Waals surface area contributed by atoms with Gasteiger partial charge in [0, 0.05) is 24.8 Å². The number of nitrogens with one attached hydrogen (secondary N) is 2. The Labute approximate surface area is 157 Å². The minimum atomic E-state index is -0.793. The van der Waals surface area contributed by atoms with Crippen molar-refractivity contribution in [3.05, 3.63) is 28.8 Å². The van der Waals surface area contributed by atoms with Crippen molar-refractivity contribution in [2.24, 2.45) is 5.10 Å². The van der Waals surface area contributed by atoms with Crippen LogP contribution in [0.4, 0.5) is 9.18 Å². The Bertz CT molecular complexity index is 728. The largest absolute Gasteiger partial charge is 0.444 e. The van der Waals surface area contributed by atoms with Crippen LogP contribution in [0.15, 0.2) is 17.4 Å². The molecule has 0 spiro atoms. The Morgan fingerprint density at radius 1 is 1.54 bits per heavy atom. The molecule has 9 heteroatoms. The van der Waals surface area contributed by atoms with Crippen LogP contribution in [0.25, 0.3) is 0 Å². The third kappa shape index (κ3) is 5.66. The number of halogens is 2. The molecule has 7 nitrogen and oxygen atoms in total. The predicted molar refractivity (Wildman–Crippen MR) is 98.5 cm³/mol. The Morgan fingerprint density at radius 2 is 2.19 bits per heavy atom. The van der Waals surface area contributed by atoms with Crippen LogP contribution in [0.5, 0.6) is 0 Å². The molecule has 1 amide bonds. The van der Waals surface area contributed by atoms with Crippen LogP contribution in [-0.2, 0) is 4.74 Å². The molecule has 0 radical (unpaired) electrons. The maximum Gasteiger partial charge on any atom is 0.410 e. The third-order valence-electron chi connectivity index (χ3n) is 3.46. The number of pyridine rings is 1. The van der Waals surface area contributed by atoms with Crippen molar-refractivity contribution in [1.29, 1.82) is 5.41 Å². The van der Waals surface area contributed by atoms with E-state index >= 15 is 0 Å². The number of amides is 1. The number of ether oxygens (including phenoxy) is 1. The van der Waals surface area contributed by atoms with Crippen LogP contribution < -0.4 is 5.43 Å². The molecule has 2 N–H and O–H groups in total. The fourth-order valence-electron chi connectivity index (χ4n) is 1.95. The van der Waals surface area contributed by atoms with Gasteiger partial charge in [-0.2, -0.15) is 5.10 Å². The van der Waals surface area contributed by atoms with Gasteiger partial charge in [-0.15, -0.1) is 0 Å². The summed E-state index contributed by atoms with van der Waals surface area (Å²) in [6.45, 7) is 5.27. The summed E-state index contributed by atoms with van der Waals surface area (Å²) in [6, 6.07) is 1.60. The first-order valence-corrected chi connectivity index (χ1v) is 8.62. The van der Waals surface area contributed by atoms with E-state index in [1.807, 2.05) is 0 Å². The molecule has 0 atom stereocenters. The molecular formula is C17H23ClFN5O2. The van der Waals surface area contributed by atoms with E-state index in [2.05, 4.69) is 15.5 Å². The quantitative estimate of drug-likeness (QED) is 0.448. The number of hydrogen-bond donors (Lipinski definition) is 2. The zero-order chi connectivity index (χ0) is 19.5. The molecule has 1 fully saturated rings. The lowest BCUT2D eigenvalue weighted by Gasteiger charge is -2.25.